The van der Waals surface area contributed by atoms with Gasteiger partial charge < -0.3 is 15.4 Å². The lowest BCUT2D eigenvalue weighted by Crippen LogP contribution is -2.20. The van der Waals surface area contributed by atoms with Crippen LogP contribution in [-0.4, -0.2) is 29.6 Å². The predicted octanol–water partition coefficient (Wildman–Crippen LogP) is 7.61. The molecule has 5 rings (SSSR count). The van der Waals surface area contributed by atoms with Crippen LogP contribution in [0.2, 0.25) is 5.02 Å². The highest BCUT2D eigenvalue weighted by Gasteiger charge is 2.09. The number of halogens is 1. The van der Waals surface area contributed by atoms with Crippen molar-refractivity contribution in [2.45, 2.75) is 13.8 Å². The Morgan fingerprint density at radius 1 is 0.977 bits per heavy atom. The molecule has 1 aromatic heterocycles. The molecule has 4 aromatic carbocycles. The van der Waals surface area contributed by atoms with Crippen molar-refractivity contribution in [3.05, 3.63) is 124 Å². The second-order valence-electron chi connectivity index (χ2n) is 9.67. The number of benzene rings is 4. The Morgan fingerprint density at radius 2 is 1.77 bits per heavy atom. The fraction of sp³-hybridized carbons (Fsp3) is 0.0909. The molecule has 0 spiro atoms. The van der Waals surface area contributed by atoms with Gasteiger partial charge in [0.2, 0.25) is 0 Å². The van der Waals surface area contributed by atoms with Crippen molar-refractivity contribution in [2.75, 3.05) is 17.2 Å². The van der Waals surface area contributed by atoms with Gasteiger partial charge in [0, 0.05) is 32.9 Å². The summed E-state index contributed by atoms with van der Waals surface area (Å²) < 4.78 is 5.65. The number of rotatable bonds is 10. The van der Waals surface area contributed by atoms with E-state index >= 15 is 0 Å². The van der Waals surface area contributed by atoms with Gasteiger partial charge in [-0.05, 0) is 79.6 Å². The van der Waals surface area contributed by atoms with E-state index in [1.54, 1.807) is 30.3 Å². The number of ether oxygens (including phenoxy) is 1. The molecule has 0 radical (unpaired) electrons. The van der Waals surface area contributed by atoms with Crippen molar-refractivity contribution in [3.8, 4) is 17.0 Å². The Kier molecular flexibility index (Phi) is 9.46. The van der Waals surface area contributed by atoms with Crippen molar-refractivity contribution in [3.63, 3.8) is 0 Å². The van der Waals surface area contributed by atoms with Crippen LogP contribution in [0.25, 0.3) is 11.3 Å². The van der Waals surface area contributed by atoms with Crippen molar-refractivity contribution in [1.29, 1.82) is 0 Å². The summed E-state index contributed by atoms with van der Waals surface area (Å²) in [6.07, 6.45) is 1.51. The average molecular weight is 610 g/mol. The summed E-state index contributed by atoms with van der Waals surface area (Å²) in [4.78, 5) is 29.6. The summed E-state index contributed by atoms with van der Waals surface area (Å²) in [6.45, 7) is 3.81. The van der Waals surface area contributed by atoms with Gasteiger partial charge in [-0.1, -0.05) is 53.6 Å². The molecule has 3 N–H and O–H groups in total. The Morgan fingerprint density at radius 3 is 2.53 bits per heavy atom. The number of hydrazone groups is 1. The second kappa shape index (κ2) is 13.8. The molecule has 43 heavy (non-hydrogen) atoms. The zero-order valence-electron chi connectivity index (χ0n) is 23.4. The number of amides is 2. The lowest BCUT2D eigenvalue weighted by atomic mass is 10.1. The third kappa shape index (κ3) is 8.28. The Hall–Kier alpha value is -4.99. The highest BCUT2D eigenvalue weighted by Crippen LogP contribution is 2.28. The third-order valence-electron chi connectivity index (χ3n) is 6.31. The number of nitrogens with one attached hydrogen (secondary N) is 3. The zero-order valence-corrected chi connectivity index (χ0v) is 25.0. The lowest BCUT2D eigenvalue weighted by molar-refractivity contribution is -0.118. The van der Waals surface area contributed by atoms with Crippen LogP contribution in [0.5, 0.6) is 5.75 Å². The van der Waals surface area contributed by atoms with E-state index in [-0.39, 0.29) is 18.4 Å². The number of aromatic nitrogens is 1. The number of hydrogen-bond acceptors (Lipinski definition) is 7. The molecule has 0 aliphatic heterocycles. The first kappa shape index (κ1) is 29.5. The maximum atomic E-state index is 12.6. The van der Waals surface area contributed by atoms with Crippen molar-refractivity contribution in [2.24, 2.45) is 5.10 Å². The number of carbonyl (C=O) groups is 2. The minimum Gasteiger partial charge on any atom is -0.484 e. The standard InChI is InChI=1S/C33H28ClN5O3S/c1-21-6-15-29(22(2)16-21)37-31(40)19-42-28-5-3-4-23(17-28)18-35-39-32(41)25-9-7-24(8-10-25)30-20-43-33(38-30)36-27-13-11-26(34)12-14-27/h3-18,20H,19H2,1-2H3,(H,36,38)(H,37,40)(H,39,41)/b35-18-. The molecule has 1 heterocycles. The first-order valence-electron chi connectivity index (χ1n) is 13.3. The van der Waals surface area contributed by atoms with E-state index in [4.69, 9.17) is 16.3 Å². The number of carbonyl (C=O) groups excluding carboxylic acids is 2. The average Bonchev–Trinajstić information content (AvgIpc) is 3.47. The lowest BCUT2D eigenvalue weighted by Gasteiger charge is -2.10. The number of nitrogens with zero attached hydrogens (tertiary/aromatic N) is 2. The first-order valence-corrected chi connectivity index (χ1v) is 14.6. The van der Waals surface area contributed by atoms with Gasteiger partial charge in [-0.15, -0.1) is 11.3 Å². The highest BCUT2D eigenvalue weighted by atomic mass is 35.5. The predicted molar refractivity (Wildman–Crippen MR) is 174 cm³/mol. The minimum absolute atomic E-state index is 0.137. The van der Waals surface area contributed by atoms with Gasteiger partial charge in [-0.25, -0.2) is 10.4 Å². The van der Waals surface area contributed by atoms with Gasteiger partial charge >= 0.3 is 0 Å². The smallest absolute Gasteiger partial charge is 0.271 e. The molecule has 0 aliphatic rings. The summed E-state index contributed by atoms with van der Waals surface area (Å²) in [7, 11) is 0. The van der Waals surface area contributed by atoms with Crippen LogP contribution >= 0.6 is 22.9 Å². The van der Waals surface area contributed by atoms with Crippen LogP contribution in [-0.2, 0) is 4.79 Å². The molecule has 216 valence electrons. The normalized spacial score (nSPS) is 10.9. The van der Waals surface area contributed by atoms with E-state index in [0.717, 1.165) is 38.9 Å². The van der Waals surface area contributed by atoms with Crippen molar-refractivity contribution in [1.82, 2.24) is 10.4 Å². The first-order chi connectivity index (χ1) is 20.8. The quantitative estimate of drug-likeness (QED) is 0.112. The zero-order chi connectivity index (χ0) is 30.2. The van der Waals surface area contributed by atoms with E-state index in [9.17, 15) is 9.59 Å². The van der Waals surface area contributed by atoms with Crippen molar-refractivity contribution < 1.29 is 14.3 Å². The van der Waals surface area contributed by atoms with E-state index in [1.807, 2.05) is 79.9 Å². The summed E-state index contributed by atoms with van der Waals surface area (Å²) >= 11 is 7.43. The van der Waals surface area contributed by atoms with Crippen LogP contribution in [0.3, 0.4) is 0 Å². The molecule has 10 heteroatoms. The summed E-state index contributed by atoms with van der Waals surface area (Å²) in [5.41, 5.74) is 9.16. The van der Waals surface area contributed by atoms with Gasteiger partial charge in [0.15, 0.2) is 11.7 Å². The summed E-state index contributed by atoms with van der Waals surface area (Å²) in [6, 6.07) is 27.5. The molecule has 0 atom stereocenters. The molecule has 8 nitrogen and oxygen atoms in total. The molecule has 0 unspecified atom stereocenters. The van der Waals surface area contributed by atoms with E-state index in [1.165, 1.54) is 17.6 Å². The number of aryl methyl sites for hydroxylation is 2. The molecular weight excluding hydrogens is 582 g/mol. The Bertz CT molecular complexity index is 1770. The monoisotopic (exact) mass is 609 g/mol. The second-order valence-corrected chi connectivity index (χ2v) is 11.0. The molecule has 2 amide bonds. The van der Waals surface area contributed by atoms with Gasteiger partial charge in [-0.2, -0.15) is 5.10 Å². The molecule has 0 fully saturated rings. The topological polar surface area (TPSA) is 105 Å². The van der Waals surface area contributed by atoms with Gasteiger partial charge in [-0.3, -0.25) is 9.59 Å². The highest BCUT2D eigenvalue weighted by molar-refractivity contribution is 7.14. The third-order valence-corrected chi connectivity index (χ3v) is 7.32. The van der Waals surface area contributed by atoms with Crippen LogP contribution in [0.4, 0.5) is 16.5 Å². The molecule has 0 bridgehead atoms. The largest absolute Gasteiger partial charge is 0.484 e. The number of anilines is 3. The molecule has 5 aromatic rings. The fourth-order valence-electron chi connectivity index (χ4n) is 4.12. The molecular formula is C33H28ClN5O3S. The summed E-state index contributed by atoms with van der Waals surface area (Å²) in [5.74, 6) is -0.0917. The molecule has 0 aliphatic carbocycles. The maximum absolute atomic E-state index is 12.6. The molecule has 0 saturated carbocycles. The number of hydrogen-bond donors (Lipinski definition) is 3. The van der Waals surface area contributed by atoms with Crippen LogP contribution in [0.1, 0.15) is 27.0 Å². The van der Waals surface area contributed by atoms with Crippen LogP contribution < -0.4 is 20.8 Å². The van der Waals surface area contributed by atoms with Crippen molar-refractivity contribution >= 4 is 57.5 Å². The SMILES string of the molecule is Cc1ccc(NC(=O)COc2cccc(/C=N\NC(=O)c3ccc(-c4csc(Nc5ccc(Cl)cc5)n4)cc3)c2)c(C)c1. The van der Waals surface area contributed by atoms with E-state index in [0.29, 0.717) is 21.9 Å². The van der Waals surface area contributed by atoms with E-state index in [2.05, 4.69) is 26.1 Å². The van der Waals surface area contributed by atoms with Gasteiger partial charge in [0.1, 0.15) is 5.75 Å². The summed E-state index contributed by atoms with van der Waals surface area (Å²) in [5, 5.41) is 13.6. The number of thiazole rings is 1. The van der Waals surface area contributed by atoms with Crippen LogP contribution in [0.15, 0.2) is 101 Å². The fourth-order valence-corrected chi connectivity index (χ4v) is 4.98. The Labute approximate surface area is 258 Å². The minimum atomic E-state index is -0.346. The van der Waals surface area contributed by atoms with E-state index < -0.39 is 0 Å². The van der Waals surface area contributed by atoms with Gasteiger partial charge in [0.25, 0.3) is 11.8 Å². The van der Waals surface area contributed by atoms with Crippen LogP contribution in [0, 0.1) is 13.8 Å². The maximum Gasteiger partial charge on any atom is 0.271 e. The van der Waals surface area contributed by atoms with Gasteiger partial charge in [0.05, 0.1) is 11.9 Å². The Balaban J connectivity index is 1.11. The molecule has 0 saturated heterocycles.